The molecule has 174 valence electrons. The number of nitrogens with two attached hydrogens (primary N) is 1. The molecule has 4 unspecified atom stereocenters. The molecule has 1 heterocycles. The van der Waals surface area contributed by atoms with Crippen LogP contribution in [-0.4, -0.2) is 86.6 Å². The van der Waals surface area contributed by atoms with Gasteiger partial charge in [-0.05, 0) is 32.6 Å². The van der Waals surface area contributed by atoms with Crippen molar-refractivity contribution in [1.29, 1.82) is 0 Å². The van der Waals surface area contributed by atoms with Crippen LogP contribution in [0.2, 0.25) is 0 Å². The number of nitrogens with zero attached hydrogens (tertiary/aromatic N) is 1. The average Bonchev–Trinajstić information content (AvgIpc) is 3.17. The second-order valence-electron chi connectivity index (χ2n) is 7.29. The molecule has 1 aliphatic heterocycles. The normalized spacial score (nSPS) is 18.5. The highest BCUT2D eigenvalue weighted by Crippen LogP contribution is 2.19. The van der Waals surface area contributed by atoms with Gasteiger partial charge in [0.15, 0.2) is 0 Å². The number of carbonyl (C=O) groups excluding carboxylic acids is 3. The SMILES string of the molecule is CC(NC(=O)C(CCC(=O)O)NC(=O)C1CCCN1C(=O)C(N)CCC(=O)O)C(=O)O. The molecule has 13 nitrogen and oxygen atoms in total. The van der Waals surface area contributed by atoms with E-state index in [2.05, 4.69) is 10.6 Å². The van der Waals surface area contributed by atoms with Gasteiger partial charge in [0.2, 0.25) is 17.7 Å². The molecular weight excluding hydrogens is 416 g/mol. The van der Waals surface area contributed by atoms with Crippen molar-refractivity contribution in [2.75, 3.05) is 6.54 Å². The first kappa shape index (κ1) is 25.8. The minimum atomic E-state index is -1.32. The minimum Gasteiger partial charge on any atom is -0.481 e. The fraction of sp³-hybridized carbons (Fsp3) is 0.667. The molecule has 0 aromatic heterocycles. The highest BCUT2D eigenvalue weighted by molar-refractivity contribution is 5.94. The second kappa shape index (κ2) is 11.8. The van der Waals surface area contributed by atoms with Crippen LogP contribution in [-0.2, 0) is 28.8 Å². The Morgan fingerprint density at radius 2 is 1.58 bits per heavy atom. The van der Waals surface area contributed by atoms with Gasteiger partial charge in [0.1, 0.15) is 18.1 Å². The first-order chi connectivity index (χ1) is 14.4. The van der Waals surface area contributed by atoms with Crippen molar-refractivity contribution in [3.63, 3.8) is 0 Å². The van der Waals surface area contributed by atoms with Crippen LogP contribution in [0.4, 0.5) is 0 Å². The van der Waals surface area contributed by atoms with Crippen LogP contribution in [0.5, 0.6) is 0 Å². The van der Waals surface area contributed by atoms with Crippen molar-refractivity contribution < 1.29 is 44.1 Å². The van der Waals surface area contributed by atoms with Crippen molar-refractivity contribution in [3.05, 3.63) is 0 Å². The predicted octanol–water partition coefficient (Wildman–Crippen LogP) is -1.89. The molecule has 0 spiro atoms. The minimum absolute atomic E-state index is 0.101. The van der Waals surface area contributed by atoms with Gasteiger partial charge in [-0.2, -0.15) is 0 Å². The zero-order chi connectivity index (χ0) is 23.7. The Morgan fingerprint density at radius 1 is 1.00 bits per heavy atom. The Hall–Kier alpha value is -3.22. The molecule has 0 saturated carbocycles. The number of hydrogen-bond donors (Lipinski definition) is 6. The van der Waals surface area contributed by atoms with E-state index >= 15 is 0 Å². The van der Waals surface area contributed by atoms with Crippen LogP contribution in [0.25, 0.3) is 0 Å². The zero-order valence-corrected chi connectivity index (χ0v) is 17.1. The monoisotopic (exact) mass is 444 g/mol. The van der Waals surface area contributed by atoms with Gasteiger partial charge in [-0.3, -0.25) is 28.8 Å². The van der Waals surface area contributed by atoms with E-state index in [1.807, 2.05) is 0 Å². The molecule has 7 N–H and O–H groups in total. The highest BCUT2D eigenvalue weighted by Gasteiger charge is 2.37. The van der Waals surface area contributed by atoms with Gasteiger partial charge in [-0.1, -0.05) is 0 Å². The fourth-order valence-corrected chi connectivity index (χ4v) is 3.10. The van der Waals surface area contributed by atoms with Crippen LogP contribution in [0.15, 0.2) is 0 Å². The summed E-state index contributed by atoms with van der Waals surface area (Å²) in [6.07, 6.45) is -0.378. The number of hydrogen-bond acceptors (Lipinski definition) is 7. The van der Waals surface area contributed by atoms with E-state index in [4.69, 9.17) is 21.1 Å². The number of carbonyl (C=O) groups is 6. The number of nitrogens with one attached hydrogen (secondary N) is 2. The standard InChI is InChI=1S/C18H28N4O9/c1-9(18(30)31)20-15(27)11(5-7-14(25)26)21-16(28)12-3-2-8-22(12)17(29)10(19)4-6-13(23)24/h9-12H,2-8,19H2,1H3,(H,20,27)(H,21,28)(H,23,24)(H,25,26)(H,30,31). The fourth-order valence-electron chi connectivity index (χ4n) is 3.10. The number of carboxylic acid groups (broad SMARTS) is 3. The van der Waals surface area contributed by atoms with Gasteiger partial charge in [0.05, 0.1) is 6.04 Å². The maximum Gasteiger partial charge on any atom is 0.325 e. The lowest BCUT2D eigenvalue weighted by molar-refractivity contribution is -0.143. The number of likely N-dealkylation sites (tertiary alicyclic amines) is 1. The smallest absolute Gasteiger partial charge is 0.325 e. The van der Waals surface area contributed by atoms with E-state index in [9.17, 15) is 28.8 Å². The van der Waals surface area contributed by atoms with Gasteiger partial charge in [0.25, 0.3) is 0 Å². The average molecular weight is 444 g/mol. The first-order valence-corrected chi connectivity index (χ1v) is 9.77. The predicted molar refractivity (Wildman–Crippen MR) is 104 cm³/mol. The molecule has 1 rings (SSSR count). The largest absolute Gasteiger partial charge is 0.481 e. The molecule has 13 heteroatoms. The molecule has 0 bridgehead atoms. The Bertz CT molecular complexity index is 727. The summed E-state index contributed by atoms with van der Waals surface area (Å²) < 4.78 is 0. The molecule has 1 aliphatic rings. The number of aliphatic carboxylic acids is 3. The molecule has 0 aromatic carbocycles. The van der Waals surface area contributed by atoms with Crippen molar-refractivity contribution >= 4 is 35.6 Å². The van der Waals surface area contributed by atoms with Crippen LogP contribution >= 0.6 is 0 Å². The van der Waals surface area contributed by atoms with Crippen molar-refractivity contribution in [3.8, 4) is 0 Å². The van der Waals surface area contributed by atoms with Gasteiger partial charge in [-0.15, -0.1) is 0 Å². The summed E-state index contributed by atoms with van der Waals surface area (Å²) in [7, 11) is 0. The van der Waals surface area contributed by atoms with Crippen LogP contribution in [0.3, 0.4) is 0 Å². The lowest BCUT2D eigenvalue weighted by Gasteiger charge is -2.28. The molecule has 1 fully saturated rings. The molecule has 0 radical (unpaired) electrons. The first-order valence-electron chi connectivity index (χ1n) is 9.77. The van der Waals surface area contributed by atoms with E-state index in [1.54, 1.807) is 0 Å². The van der Waals surface area contributed by atoms with E-state index in [0.29, 0.717) is 6.42 Å². The Balaban J connectivity index is 2.85. The highest BCUT2D eigenvalue weighted by atomic mass is 16.4. The maximum atomic E-state index is 12.7. The Kier molecular flexibility index (Phi) is 9.86. The summed E-state index contributed by atoms with van der Waals surface area (Å²) in [5.74, 6) is -5.78. The quantitative estimate of drug-likeness (QED) is 0.197. The number of carboxylic acids is 3. The summed E-state index contributed by atoms with van der Waals surface area (Å²) in [6.45, 7) is 1.44. The number of amides is 3. The molecule has 3 amide bonds. The number of rotatable bonds is 12. The summed E-state index contributed by atoms with van der Waals surface area (Å²) in [6, 6.07) is -4.63. The molecular formula is C18H28N4O9. The summed E-state index contributed by atoms with van der Waals surface area (Å²) in [5, 5.41) is 31.1. The molecule has 31 heavy (non-hydrogen) atoms. The third-order valence-corrected chi connectivity index (χ3v) is 4.83. The van der Waals surface area contributed by atoms with Crippen LogP contribution < -0.4 is 16.4 Å². The van der Waals surface area contributed by atoms with E-state index < -0.39 is 66.2 Å². The second-order valence-corrected chi connectivity index (χ2v) is 7.29. The molecule has 4 atom stereocenters. The third-order valence-electron chi connectivity index (χ3n) is 4.83. The van der Waals surface area contributed by atoms with Gasteiger partial charge in [0, 0.05) is 19.4 Å². The summed E-state index contributed by atoms with van der Waals surface area (Å²) >= 11 is 0. The molecule has 0 aromatic rings. The zero-order valence-electron chi connectivity index (χ0n) is 17.1. The third kappa shape index (κ3) is 8.20. The van der Waals surface area contributed by atoms with Crippen LogP contribution in [0, 0.1) is 0 Å². The van der Waals surface area contributed by atoms with Crippen molar-refractivity contribution in [2.45, 2.75) is 69.6 Å². The van der Waals surface area contributed by atoms with Crippen molar-refractivity contribution in [1.82, 2.24) is 15.5 Å². The Labute approximate surface area is 177 Å². The lowest BCUT2D eigenvalue weighted by atomic mass is 10.1. The van der Waals surface area contributed by atoms with E-state index in [1.165, 1.54) is 11.8 Å². The van der Waals surface area contributed by atoms with Gasteiger partial charge in [-0.25, -0.2) is 0 Å². The van der Waals surface area contributed by atoms with Crippen molar-refractivity contribution in [2.24, 2.45) is 5.73 Å². The maximum absolute atomic E-state index is 12.7. The van der Waals surface area contributed by atoms with E-state index in [-0.39, 0.29) is 32.2 Å². The van der Waals surface area contributed by atoms with Crippen LogP contribution in [0.1, 0.15) is 45.4 Å². The molecule has 0 aliphatic carbocycles. The van der Waals surface area contributed by atoms with Gasteiger partial charge >= 0.3 is 17.9 Å². The Morgan fingerprint density at radius 3 is 2.13 bits per heavy atom. The van der Waals surface area contributed by atoms with Gasteiger partial charge < -0.3 is 36.6 Å². The van der Waals surface area contributed by atoms with E-state index in [0.717, 1.165) is 0 Å². The molecule has 1 saturated heterocycles. The summed E-state index contributed by atoms with van der Waals surface area (Å²) in [4.78, 5) is 71.3. The summed E-state index contributed by atoms with van der Waals surface area (Å²) in [5.41, 5.74) is 5.75. The topological polar surface area (TPSA) is 216 Å². The lowest BCUT2D eigenvalue weighted by Crippen LogP contribution is -2.56.